The van der Waals surface area contributed by atoms with Gasteiger partial charge in [-0.2, -0.15) is 0 Å². The molecule has 2 aromatic carbocycles. The zero-order chi connectivity index (χ0) is 21.8. The second-order valence-corrected chi connectivity index (χ2v) is 7.38. The first kappa shape index (κ1) is 21.6. The molecule has 0 saturated heterocycles. The van der Waals surface area contributed by atoms with Gasteiger partial charge < -0.3 is 14.2 Å². The summed E-state index contributed by atoms with van der Waals surface area (Å²) >= 11 is 3.44. The van der Waals surface area contributed by atoms with Crippen LogP contribution in [0.1, 0.15) is 19.4 Å². The van der Waals surface area contributed by atoms with E-state index >= 15 is 0 Å². The molecule has 0 bridgehead atoms. The van der Waals surface area contributed by atoms with Crippen LogP contribution >= 0.6 is 15.9 Å². The number of halogens is 1. The molecule has 0 radical (unpaired) electrons. The lowest BCUT2D eigenvalue weighted by atomic mass is 10.0. The Morgan fingerprint density at radius 2 is 1.80 bits per heavy atom. The van der Waals surface area contributed by atoms with Crippen LogP contribution in [0.25, 0.3) is 6.08 Å². The van der Waals surface area contributed by atoms with Gasteiger partial charge in [0, 0.05) is 21.4 Å². The number of benzene rings is 2. The molecule has 30 heavy (non-hydrogen) atoms. The van der Waals surface area contributed by atoms with Crippen LogP contribution in [-0.4, -0.2) is 32.7 Å². The molecule has 0 fully saturated rings. The minimum atomic E-state index is -0.542. The highest BCUT2D eigenvalue weighted by molar-refractivity contribution is 9.10. The molecule has 1 amide bonds. The number of ether oxygens (including phenoxy) is 3. The summed E-state index contributed by atoms with van der Waals surface area (Å²) in [5.41, 5.74) is 2.29. The Labute approximate surface area is 183 Å². The van der Waals surface area contributed by atoms with Gasteiger partial charge in [-0.1, -0.05) is 15.9 Å². The highest BCUT2D eigenvalue weighted by Gasteiger charge is 2.38. The van der Waals surface area contributed by atoms with Crippen molar-refractivity contribution in [2.75, 3.05) is 25.7 Å². The summed E-state index contributed by atoms with van der Waals surface area (Å²) in [5.74, 6) is 0.400. The predicted octanol–water partition coefficient (Wildman–Crippen LogP) is 4.73. The summed E-state index contributed by atoms with van der Waals surface area (Å²) < 4.78 is 16.7. The van der Waals surface area contributed by atoms with Crippen molar-refractivity contribution in [1.82, 2.24) is 0 Å². The first-order valence-electron chi connectivity index (χ1n) is 9.33. The number of carbonyl (C=O) groups is 2. The molecule has 1 aliphatic heterocycles. The quantitative estimate of drug-likeness (QED) is 0.449. The number of methoxy groups -OCH3 is 2. The second-order valence-electron chi connectivity index (χ2n) is 6.46. The average Bonchev–Trinajstić information content (AvgIpc) is 2.98. The van der Waals surface area contributed by atoms with Crippen molar-refractivity contribution in [3.63, 3.8) is 0 Å². The first-order valence-corrected chi connectivity index (χ1v) is 10.1. The van der Waals surface area contributed by atoms with E-state index in [2.05, 4.69) is 15.9 Å². The lowest BCUT2D eigenvalue weighted by Crippen LogP contribution is -2.24. The fraction of sp³-hybridized carbons (Fsp3) is 0.217. The van der Waals surface area contributed by atoms with Gasteiger partial charge in [-0.3, -0.25) is 9.69 Å². The third-order valence-electron chi connectivity index (χ3n) is 4.70. The molecule has 6 nitrogen and oxygen atoms in total. The largest absolute Gasteiger partial charge is 0.497 e. The molecule has 0 spiro atoms. The van der Waals surface area contributed by atoms with Crippen LogP contribution in [0.4, 0.5) is 5.69 Å². The lowest BCUT2D eigenvalue weighted by molar-refractivity contribution is -0.138. The van der Waals surface area contributed by atoms with Crippen molar-refractivity contribution < 1.29 is 23.8 Å². The molecule has 0 unspecified atom stereocenters. The van der Waals surface area contributed by atoms with E-state index in [-0.39, 0.29) is 23.7 Å². The van der Waals surface area contributed by atoms with Crippen LogP contribution in [0.15, 0.2) is 63.8 Å². The molecule has 0 saturated carbocycles. The van der Waals surface area contributed by atoms with E-state index in [4.69, 9.17) is 14.2 Å². The lowest BCUT2D eigenvalue weighted by Gasteiger charge is -2.18. The molecule has 0 aliphatic carbocycles. The van der Waals surface area contributed by atoms with Gasteiger partial charge in [0.05, 0.1) is 32.0 Å². The van der Waals surface area contributed by atoms with Gasteiger partial charge in [-0.25, -0.2) is 4.79 Å². The second kappa shape index (κ2) is 9.17. The predicted molar refractivity (Wildman–Crippen MR) is 118 cm³/mol. The normalized spacial score (nSPS) is 15.0. The van der Waals surface area contributed by atoms with E-state index in [0.717, 1.165) is 4.47 Å². The Balaban J connectivity index is 2.15. The van der Waals surface area contributed by atoms with Crippen molar-refractivity contribution in [2.24, 2.45) is 0 Å². The van der Waals surface area contributed by atoms with Crippen molar-refractivity contribution in [2.45, 2.75) is 13.8 Å². The number of allylic oxidation sites excluding steroid dienone is 1. The molecule has 0 N–H and O–H groups in total. The number of rotatable bonds is 6. The SMILES string of the molecule is CCOC(=O)C1=C(C)N(c2ccc(OC)cc2)C(=O)/C1=C\c1cc(Br)ccc1OC. The van der Waals surface area contributed by atoms with Crippen molar-refractivity contribution in [1.29, 1.82) is 0 Å². The molecule has 3 rings (SSSR count). The Morgan fingerprint density at radius 1 is 1.10 bits per heavy atom. The van der Waals surface area contributed by atoms with E-state index in [1.165, 1.54) is 4.90 Å². The fourth-order valence-electron chi connectivity index (χ4n) is 3.30. The van der Waals surface area contributed by atoms with Gasteiger partial charge in [0.2, 0.25) is 0 Å². The number of carbonyl (C=O) groups excluding carboxylic acids is 2. The summed E-state index contributed by atoms with van der Waals surface area (Å²) in [4.78, 5) is 27.6. The monoisotopic (exact) mass is 471 g/mol. The highest BCUT2D eigenvalue weighted by atomic mass is 79.9. The topological polar surface area (TPSA) is 65.1 Å². The third kappa shape index (κ3) is 4.11. The maximum absolute atomic E-state index is 13.4. The molecule has 1 heterocycles. The smallest absolute Gasteiger partial charge is 0.340 e. The molecule has 2 aromatic rings. The number of hydrogen-bond donors (Lipinski definition) is 0. The molecule has 156 valence electrons. The Morgan fingerprint density at radius 3 is 2.40 bits per heavy atom. The Bertz CT molecular complexity index is 1040. The third-order valence-corrected chi connectivity index (χ3v) is 5.20. The van der Waals surface area contributed by atoms with Crippen molar-refractivity contribution >= 4 is 39.6 Å². The number of esters is 1. The highest BCUT2D eigenvalue weighted by Crippen LogP contribution is 2.37. The van der Waals surface area contributed by atoms with Crippen LogP contribution in [0, 0.1) is 0 Å². The minimum Gasteiger partial charge on any atom is -0.497 e. The van der Waals surface area contributed by atoms with Crippen LogP contribution in [0.3, 0.4) is 0 Å². The zero-order valence-corrected chi connectivity index (χ0v) is 18.8. The van der Waals surface area contributed by atoms with Crippen molar-refractivity contribution in [3.8, 4) is 11.5 Å². The van der Waals surface area contributed by atoms with E-state index < -0.39 is 5.97 Å². The summed E-state index contributed by atoms with van der Waals surface area (Å²) in [5, 5.41) is 0. The Hall–Kier alpha value is -3.06. The summed E-state index contributed by atoms with van der Waals surface area (Å²) in [7, 11) is 3.13. The summed E-state index contributed by atoms with van der Waals surface area (Å²) in [6.45, 7) is 3.67. The molecular formula is C23H22BrNO5. The minimum absolute atomic E-state index is 0.208. The summed E-state index contributed by atoms with van der Waals surface area (Å²) in [6, 6.07) is 12.5. The summed E-state index contributed by atoms with van der Waals surface area (Å²) in [6.07, 6.45) is 1.66. The molecule has 0 aromatic heterocycles. The maximum Gasteiger partial charge on any atom is 0.340 e. The number of anilines is 1. The fourth-order valence-corrected chi connectivity index (χ4v) is 3.68. The van der Waals surface area contributed by atoms with Gasteiger partial charge in [0.25, 0.3) is 5.91 Å². The van der Waals surface area contributed by atoms with E-state index in [0.29, 0.717) is 28.4 Å². The van der Waals surface area contributed by atoms with Gasteiger partial charge in [-0.05, 0) is 62.4 Å². The first-order chi connectivity index (χ1) is 14.4. The van der Waals surface area contributed by atoms with Gasteiger partial charge in [0.1, 0.15) is 11.5 Å². The van der Waals surface area contributed by atoms with E-state index in [9.17, 15) is 9.59 Å². The number of nitrogens with zero attached hydrogens (tertiary/aromatic N) is 1. The van der Waals surface area contributed by atoms with Crippen LogP contribution in [0.5, 0.6) is 11.5 Å². The van der Waals surface area contributed by atoms with Crippen LogP contribution < -0.4 is 14.4 Å². The number of hydrogen-bond acceptors (Lipinski definition) is 5. The average molecular weight is 472 g/mol. The van der Waals surface area contributed by atoms with Crippen LogP contribution in [-0.2, 0) is 14.3 Å². The maximum atomic E-state index is 13.4. The molecule has 0 atom stereocenters. The number of amides is 1. The van der Waals surface area contributed by atoms with Gasteiger partial charge in [-0.15, -0.1) is 0 Å². The zero-order valence-electron chi connectivity index (χ0n) is 17.2. The van der Waals surface area contributed by atoms with Crippen molar-refractivity contribution in [3.05, 3.63) is 69.3 Å². The van der Waals surface area contributed by atoms with Crippen LogP contribution in [0.2, 0.25) is 0 Å². The molecule has 1 aliphatic rings. The van der Waals surface area contributed by atoms with Gasteiger partial charge in [0.15, 0.2) is 0 Å². The van der Waals surface area contributed by atoms with E-state index in [1.807, 2.05) is 12.1 Å². The van der Waals surface area contributed by atoms with E-state index in [1.54, 1.807) is 64.5 Å². The molecule has 7 heteroatoms. The molecular weight excluding hydrogens is 450 g/mol. The van der Waals surface area contributed by atoms with Gasteiger partial charge >= 0.3 is 5.97 Å². The Kier molecular flexibility index (Phi) is 6.62. The standard InChI is InChI=1S/C23H22BrNO5/c1-5-30-23(27)21-14(2)25(17-7-9-18(28-3)10-8-17)22(26)19(21)13-15-12-16(24)6-11-20(15)29-4/h6-13H,5H2,1-4H3/b19-13-.